The lowest BCUT2D eigenvalue weighted by molar-refractivity contribution is 0.298. The number of para-hydroxylation sites is 1. The maximum absolute atomic E-state index is 6.24. The second-order valence-corrected chi connectivity index (χ2v) is 6.93. The van der Waals surface area contributed by atoms with E-state index in [-0.39, 0.29) is 0 Å². The zero-order valence-electron chi connectivity index (χ0n) is 15.7. The maximum atomic E-state index is 6.24. The molecule has 0 radical (unpaired) electrons. The van der Waals surface area contributed by atoms with Crippen LogP contribution in [0.1, 0.15) is 18.2 Å². The van der Waals surface area contributed by atoms with Gasteiger partial charge in [0.2, 0.25) is 0 Å². The van der Waals surface area contributed by atoms with Crippen molar-refractivity contribution >= 4 is 16.9 Å². The van der Waals surface area contributed by atoms with Crippen LogP contribution < -0.4 is 10.5 Å². The van der Waals surface area contributed by atoms with Crippen molar-refractivity contribution in [2.24, 2.45) is 0 Å². The summed E-state index contributed by atoms with van der Waals surface area (Å²) in [6.07, 6.45) is 1.55. The fourth-order valence-corrected chi connectivity index (χ4v) is 3.86. The normalized spacial score (nSPS) is 13.8. The zero-order valence-corrected chi connectivity index (χ0v) is 15.7. The first-order valence-electron chi connectivity index (χ1n) is 9.43. The Hall–Kier alpha value is -3.38. The molecule has 0 spiro atoms. The third kappa shape index (κ3) is 2.70. The predicted molar refractivity (Wildman–Crippen MR) is 110 cm³/mol. The van der Waals surface area contributed by atoms with Crippen LogP contribution in [0.3, 0.4) is 0 Å². The standard InChI is InChI=1S/C22H21N5O/c1-2-26-12-18-19(13-26)27(21-20(18)24-14-25-22(21)23)15-8-10-17(11-9-15)28-16-6-4-3-5-7-16/h3-11,14H,2,12-13H2,1H3,(H2,23,24,25). The third-order valence-electron chi connectivity index (χ3n) is 5.25. The Kier molecular flexibility index (Phi) is 3.98. The van der Waals surface area contributed by atoms with Crippen LogP contribution in [0.2, 0.25) is 0 Å². The van der Waals surface area contributed by atoms with Crippen LogP contribution in [0.5, 0.6) is 11.5 Å². The minimum atomic E-state index is 0.507. The first-order chi connectivity index (χ1) is 13.7. The highest BCUT2D eigenvalue weighted by molar-refractivity contribution is 5.91. The van der Waals surface area contributed by atoms with E-state index in [2.05, 4.69) is 38.5 Å². The first kappa shape index (κ1) is 16.8. The highest BCUT2D eigenvalue weighted by Gasteiger charge is 2.28. The van der Waals surface area contributed by atoms with Gasteiger partial charge in [0.25, 0.3) is 0 Å². The molecule has 4 aromatic rings. The van der Waals surface area contributed by atoms with Crippen LogP contribution in [-0.4, -0.2) is 26.0 Å². The number of nitrogens with two attached hydrogens (primary N) is 1. The van der Waals surface area contributed by atoms with E-state index in [0.717, 1.165) is 47.9 Å². The lowest BCUT2D eigenvalue weighted by Crippen LogP contribution is -2.17. The number of aromatic nitrogens is 3. The van der Waals surface area contributed by atoms with Gasteiger partial charge in [-0.25, -0.2) is 9.97 Å². The fourth-order valence-electron chi connectivity index (χ4n) is 3.86. The van der Waals surface area contributed by atoms with Gasteiger partial charge in [-0.3, -0.25) is 4.90 Å². The average Bonchev–Trinajstić information content (AvgIpc) is 3.27. The molecule has 28 heavy (non-hydrogen) atoms. The van der Waals surface area contributed by atoms with Crippen LogP contribution in [0, 0.1) is 0 Å². The summed E-state index contributed by atoms with van der Waals surface area (Å²) in [5.41, 5.74) is 11.6. The SMILES string of the molecule is CCN1Cc2c(n(-c3ccc(Oc4ccccc4)cc3)c3c(N)ncnc23)C1. The molecule has 3 heterocycles. The molecule has 5 rings (SSSR count). The molecule has 6 nitrogen and oxygen atoms in total. The summed E-state index contributed by atoms with van der Waals surface area (Å²) in [5.74, 6) is 2.12. The quantitative estimate of drug-likeness (QED) is 0.584. The molecule has 0 atom stereocenters. The molecule has 0 unspecified atom stereocenters. The van der Waals surface area contributed by atoms with Gasteiger partial charge >= 0.3 is 0 Å². The molecular formula is C22H21N5O. The van der Waals surface area contributed by atoms with Gasteiger partial charge in [0, 0.05) is 30.0 Å². The van der Waals surface area contributed by atoms with E-state index < -0.39 is 0 Å². The van der Waals surface area contributed by atoms with Crippen molar-refractivity contribution in [1.29, 1.82) is 0 Å². The lowest BCUT2D eigenvalue weighted by Gasteiger charge is -2.15. The van der Waals surface area contributed by atoms with Crippen molar-refractivity contribution in [3.8, 4) is 17.2 Å². The Morgan fingerprint density at radius 3 is 2.46 bits per heavy atom. The number of nitrogen functional groups attached to an aromatic ring is 1. The van der Waals surface area contributed by atoms with Gasteiger partial charge in [-0.15, -0.1) is 0 Å². The van der Waals surface area contributed by atoms with E-state index in [9.17, 15) is 0 Å². The summed E-state index contributed by atoms with van der Waals surface area (Å²) in [7, 11) is 0. The molecular weight excluding hydrogens is 350 g/mol. The van der Waals surface area contributed by atoms with Crippen molar-refractivity contribution in [3.05, 3.63) is 72.2 Å². The fraction of sp³-hybridized carbons (Fsp3) is 0.182. The van der Waals surface area contributed by atoms with E-state index >= 15 is 0 Å². The number of hydrogen-bond acceptors (Lipinski definition) is 5. The van der Waals surface area contributed by atoms with Gasteiger partial charge in [-0.2, -0.15) is 0 Å². The largest absolute Gasteiger partial charge is 0.457 e. The van der Waals surface area contributed by atoms with Crippen LogP contribution in [-0.2, 0) is 13.1 Å². The molecule has 0 bridgehead atoms. The molecule has 6 heteroatoms. The molecule has 2 aromatic heterocycles. The molecule has 0 aliphatic carbocycles. The highest BCUT2D eigenvalue weighted by atomic mass is 16.5. The number of fused-ring (bicyclic) bond motifs is 3. The number of hydrogen-bond donors (Lipinski definition) is 1. The Morgan fingerprint density at radius 1 is 0.964 bits per heavy atom. The highest BCUT2D eigenvalue weighted by Crippen LogP contribution is 2.36. The Balaban J connectivity index is 1.58. The topological polar surface area (TPSA) is 69.2 Å². The Morgan fingerprint density at radius 2 is 1.71 bits per heavy atom. The Labute approximate surface area is 163 Å². The molecule has 0 saturated heterocycles. The summed E-state index contributed by atoms with van der Waals surface area (Å²) in [6, 6.07) is 17.8. The minimum Gasteiger partial charge on any atom is -0.457 e. The van der Waals surface area contributed by atoms with Gasteiger partial charge in [0.1, 0.15) is 23.3 Å². The summed E-state index contributed by atoms with van der Waals surface area (Å²) in [4.78, 5) is 11.2. The van der Waals surface area contributed by atoms with Gasteiger partial charge in [0.05, 0.1) is 5.52 Å². The second kappa shape index (κ2) is 6.65. The summed E-state index contributed by atoms with van der Waals surface area (Å²) in [5, 5.41) is 0. The molecule has 1 aliphatic heterocycles. The maximum Gasteiger partial charge on any atom is 0.151 e. The number of benzene rings is 2. The lowest BCUT2D eigenvalue weighted by atomic mass is 10.2. The molecule has 140 valence electrons. The van der Waals surface area contributed by atoms with Crippen molar-refractivity contribution in [3.63, 3.8) is 0 Å². The van der Waals surface area contributed by atoms with Gasteiger partial charge < -0.3 is 15.0 Å². The molecule has 0 fully saturated rings. The first-order valence-corrected chi connectivity index (χ1v) is 9.43. The average molecular weight is 371 g/mol. The summed E-state index contributed by atoms with van der Waals surface area (Å²) < 4.78 is 8.12. The smallest absolute Gasteiger partial charge is 0.151 e. The third-order valence-corrected chi connectivity index (χ3v) is 5.25. The van der Waals surface area contributed by atoms with E-state index in [1.165, 1.54) is 11.3 Å². The summed E-state index contributed by atoms with van der Waals surface area (Å²) >= 11 is 0. The Bertz CT molecular complexity index is 1140. The van der Waals surface area contributed by atoms with Gasteiger partial charge in [-0.05, 0) is 42.9 Å². The van der Waals surface area contributed by atoms with Gasteiger partial charge in [-0.1, -0.05) is 25.1 Å². The second-order valence-electron chi connectivity index (χ2n) is 6.93. The van der Waals surface area contributed by atoms with Crippen molar-refractivity contribution in [2.45, 2.75) is 20.0 Å². The number of rotatable bonds is 4. The zero-order chi connectivity index (χ0) is 19.1. The molecule has 0 amide bonds. The van der Waals surface area contributed by atoms with Gasteiger partial charge in [0.15, 0.2) is 5.82 Å². The van der Waals surface area contributed by atoms with E-state index in [1.807, 2.05) is 42.5 Å². The molecule has 2 aromatic carbocycles. The van der Waals surface area contributed by atoms with Crippen LogP contribution >= 0.6 is 0 Å². The van der Waals surface area contributed by atoms with Crippen LogP contribution in [0.4, 0.5) is 5.82 Å². The number of nitrogens with zero attached hydrogens (tertiary/aromatic N) is 4. The molecule has 2 N–H and O–H groups in total. The van der Waals surface area contributed by atoms with E-state index in [0.29, 0.717) is 5.82 Å². The van der Waals surface area contributed by atoms with Crippen molar-refractivity contribution < 1.29 is 4.74 Å². The molecule has 1 aliphatic rings. The minimum absolute atomic E-state index is 0.507. The molecule has 0 saturated carbocycles. The van der Waals surface area contributed by atoms with Crippen molar-refractivity contribution in [2.75, 3.05) is 12.3 Å². The van der Waals surface area contributed by atoms with Crippen molar-refractivity contribution in [1.82, 2.24) is 19.4 Å². The number of ether oxygens (including phenoxy) is 1. The summed E-state index contributed by atoms with van der Waals surface area (Å²) in [6.45, 7) is 4.95. The van der Waals surface area contributed by atoms with E-state index in [1.54, 1.807) is 6.33 Å². The monoisotopic (exact) mass is 371 g/mol. The van der Waals surface area contributed by atoms with Crippen LogP contribution in [0.15, 0.2) is 60.9 Å². The van der Waals surface area contributed by atoms with E-state index in [4.69, 9.17) is 10.5 Å². The predicted octanol–water partition coefficient (Wildman–Crippen LogP) is 4.13. The number of anilines is 1. The van der Waals surface area contributed by atoms with Crippen LogP contribution in [0.25, 0.3) is 16.7 Å².